The van der Waals surface area contributed by atoms with Crippen LogP contribution in [0.5, 0.6) is 5.75 Å². The number of anilines is 1. The van der Waals surface area contributed by atoms with Crippen LogP contribution in [-0.4, -0.2) is 43.3 Å². The van der Waals surface area contributed by atoms with E-state index in [4.69, 9.17) is 4.65 Å². The Balaban J connectivity index is 1.81. The zero-order valence-corrected chi connectivity index (χ0v) is 15.5. The average molecular weight is 369 g/mol. The lowest BCUT2D eigenvalue weighted by Gasteiger charge is -2.29. The van der Waals surface area contributed by atoms with Crippen LogP contribution in [0.4, 0.5) is 5.69 Å². The van der Waals surface area contributed by atoms with E-state index in [1.165, 1.54) is 11.6 Å². The van der Waals surface area contributed by atoms with E-state index in [1.807, 2.05) is 26.2 Å². The fourth-order valence-electron chi connectivity index (χ4n) is 3.36. The Bertz CT molecular complexity index is 831. The molecule has 0 aromatic heterocycles. The molecule has 0 bridgehead atoms. The summed E-state index contributed by atoms with van der Waals surface area (Å²) in [5, 5.41) is 29.3. The number of carboxylic acids is 1. The summed E-state index contributed by atoms with van der Waals surface area (Å²) in [5.74, 6) is -1.20. The molecule has 0 amide bonds. The van der Waals surface area contributed by atoms with Gasteiger partial charge in [0.05, 0.1) is 11.5 Å². The van der Waals surface area contributed by atoms with Crippen LogP contribution in [0.25, 0.3) is 0 Å². The van der Waals surface area contributed by atoms with Crippen LogP contribution in [0, 0.1) is 0 Å². The molecule has 1 aliphatic rings. The summed E-state index contributed by atoms with van der Waals surface area (Å²) in [6, 6.07) is 11.1. The van der Waals surface area contributed by atoms with E-state index in [2.05, 4.69) is 28.1 Å². The van der Waals surface area contributed by atoms with Gasteiger partial charge in [0.1, 0.15) is 5.75 Å². The maximum absolute atomic E-state index is 11.3. The lowest BCUT2D eigenvalue weighted by atomic mass is 9.72. The smallest absolute Gasteiger partial charge is 0.534 e. The predicted octanol–water partition coefficient (Wildman–Crippen LogP) is 1.26. The van der Waals surface area contributed by atoms with E-state index in [0.717, 1.165) is 29.9 Å². The standard InChI is InChI=1S/C19H24BN3O4/c1-21-10-13-6-7-15(8-14(13)11-22-2)23-17-9-12-4-3-5-16(19(24)25)18(12)27-20(17)26/h3-8,17,21-23,26H,9-11H2,1-2H3,(H,24,25)/t17-/m0/s1. The van der Waals surface area contributed by atoms with Crippen molar-refractivity contribution in [1.82, 2.24) is 10.6 Å². The molecule has 3 rings (SSSR count). The number of carbonyl (C=O) groups is 1. The van der Waals surface area contributed by atoms with Crippen molar-refractivity contribution < 1.29 is 19.6 Å². The second-order valence-electron chi connectivity index (χ2n) is 6.61. The van der Waals surface area contributed by atoms with Crippen molar-refractivity contribution in [3.8, 4) is 5.75 Å². The van der Waals surface area contributed by atoms with E-state index in [9.17, 15) is 14.9 Å². The zero-order chi connectivity index (χ0) is 19.4. The van der Waals surface area contributed by atoms with Crippen LogP contribution in [-0.2, 0) is 19.5 Å². The normalized spacial score (nSPS) is 15.8. The molecule has 8 heteroatoms. The Kier molecular flexibility index (Phi) is 6.00. The van der Waals surface area contributed by atoms with Crippen LogP contribution in [0.3, 0.4) is 0 Å². The van der Waals surface area contributed by atoms with E-state index in [1.54, 1.807) is 6.07 Å². The van der Waals surface area contributed by atoms with Gasteiger partial charge >= 0.3 is 13.1 Å². The minimum absolute atomic E-state index is 0.0673. The highest BCUT2D eigenvalue weighted by molar-refractivity contribution is 6.47. The van der Waals surface area contributed by atoms with E-state index < -0.39 is 13.1 Å². The summed E-state index contributed by atoms with van der Waals surface area (Å²) in [6.45, 7) is 1.51. The number of carboxylic acid groups (broad SMARTS) is 1. The summed E-state index contributed by atoms with van der Waals surface area (Å²) < 4.78 is 5.54. The van der Waals surface area contributed by atoms with Gasteiger partial charge in [-0.15, -0.1) is 0 Å². The lowest BCUT2D eigenvalue weighted by molar-refractivity contribution is 0.0694. The van der Waals surface area contributed by atoms with Gasteiger partial charge in [0, 0.05) is 18.8 Å². The van der Waals surface area contributed by atoms with Gasteiger partial charge in [0.2, 0.25) is 0 Å². The minimum Gasteiger partial charge on any atom is -0.534 e. The number of rotatable bonds is 7. The van der Waals surface area contributed by atoms with Crippen LogP contribution in [0.2, 0.25) is 0 Å². The first-order valence-electron chi connectivity index (χ1n) is 8.91. The van der Waals surface area contributed by atoms with Crippen molar-refractivity contribution >= 4 is 18.8 Å². The first-order chi connectivity index (χ1) is 13.0. The highest BCUT2D eigenvalue weighted by Crippen LogP contribution is 2.31. The van der Waals surface area contributed by atoms with Crippen molar-refractivity contribution in [3.63, 3.8) is 0 Å². The number of aromatic carboxylic acids is 1. The molecule has 0 spiro atoms. The minimum atomic E-state index is -1.14. The van der Waals surface area contributed by atoms with Gasteiger partial charge in [-0.25, -0.2) is 4.79 Å². The molecule has 7 nitrogen and oxygen atoms in total. The van der Waals surface area contributed by atoms with E-state index in [0.29, 0.717) is 6.42 Å². The molecule has 2 aromatic carbocycles. The average Bonchev–Trinajstić information content (AvgIpc) is 2.64. The Morgan fingerprint density at radius 3 is 2.63 bits per heavy atom. The summed E-state index contributed by atoms with van der Waals surface area (Å²) in [5.41, 5.74) is 4.08. The summed E-state index contributed by atoms with van der Waals surface area (Å²) in [4.78, 5) is 11.3. The number of nitrogens with one attached hydrogen (secondary N) is 3. The molecule has 1 atom stereocenters. The molecule has 1 heterocycles. The Morgan fingerprint density at radius 1 is 1.19 bits per heavy atom. The zero-order valence-electron chi connectivity index (χ0n) is 15.5. The van der Waals surface area contributed by atoms with Crippen molar-refractivity contribution in [2.75, 3.05) is 19.4 Å². The number of para-hydroxylation sites is 1. The largest absolute Gasteiger partial charge is 0.546 e. The van der Waals surface area contributed by atoms with Crippen LogP contribution in [0.15, 0.2) is 36.4 Å². The first kappa shape index (κ1) is 19.2. The molecule has 0 unspecified atom stereocenters. The molecule has 5 N–H and O–H groups in total. The van der Waals surface area contributed by atoms with Gasteiger partial charge in [-0.2, -0.15) is 0 Å². The molecule has 0 radical (unpaired) electrons. The van der Waals surface area contributed by atoms with Gasteiger partial charge in [-0.05, 0) is 55.4 Å². The van der Waals surface area contributed by atoms with Crippen molar-refractivity contribution in [1.29, 1.82) is 0 Å². The van der Waals surface area contributed by atoms with Crippen LogP contribution in [0.1, 0.15) is 27.0 Å². The molecule has 27 heavy (non-hydrogen) atoms. The monoisotopic (exact) mass is 369 g/mol. The highest BCUT2D eigenvalue weighted by atomic mass is 16.5. The van der Waals surface area contributed by atoms with E-state index >= 15 is 0 Å². The van der Waals surface area contributed by atoms with Crippen molar-refractivity contribution in [2.24, 2.45) is 0 Å². The molecule has 142 valence electrons. The molecule has 2 aromatic rings. The van der Waals surface area contributed by atoms with Gasteiger partial charge in [-0.3, -0.25) is 0 Å². The second kappa shape index (κ2) is 8.43. The van der Waals surface area contributed by atoms with Crippen molar-refractivity contribution in [3.05, 3.63) is 58.7 Å². The summed E-state index contributed by atoms with van der Waals surface area (Å²) >= 11 is 0. The van der Waals surface area contributed by atoms with Crippen LogP contribution >= 0.6 is 0 Å². The topological polar surface area (TPSA) is 103 Å². The number of benzene rings is 2. The van der Waals surface area contributed by atoms with Crippen molar-refractivity contribution in [2.45, 2.75) is 25.5 Å². The molecule has 0 saturated carbocycles. The third-order valence-corrected chi connectivity index (χ3v) is 4.64. The number of fused-ring (bicyclic) bond motifs is 1. The second-order valence-corrected chi connectivity index (χ2v) is 6.61. The summed E-state index contributed by atoms with van der Waals surface area (Å²) in [6.07, 6.45) is 0.469. The molecule has 0 aliphatic carbocycles. The lowest BCUT2D eigenvalue weighted by Crippen LogP contribution is -2.47. The molecular formula is C19H24BN3O4. The predicted molar refractivity (Wildman–Crippen MR) is 105 cm³/mol. The van der Waals surface area contributed by atoms with Crippen LogP contribution < -0.4 is 20.6 Å². The van der Waals surface area contributed by atoms with Gasteiger partial charge in [0.25, 0.3) is 0 Å². The molecule has 0 saturated heterocycles. The summed E-state index contributed by atoms with van der Waals surface area (Å²) in [7, 11) is 2.68. The molecule has 1 aliphatic heterocycles. The third-order valence-electron chi connectivity index (χ3n) is 4.64. The van der Waals surface area contributed by atoms with Gasteiger partial charge in [0.15, 0.2) is 0 Å². The third kappa shape index (κ3) is 4.24. The van der Waals surface area contributed by atoms with Gasteiger partial charge in [-0.1, -0.05) is 18.2 Å². The molecule has 0 fully saturated rings. The van der Waals surface area contributed by atoms with Gasteiger partial charge < -0.3 is 30.7 Å². The highest BCUT2D eigenvalue weighted by Gasteiger charge is 2.36. The maximum atomic E-state index is 11.3. The molecular weight excluding hydrogens is 345 g/mol. The number of hydrogen-bond donors (Lipinski definition) is 5. The fourth-order valence-corrected chi connectivity index (χ4v) is 3.36. The quantitative estimate of drug-likeness (QED) is 0.468. The first-order valence-corrected chi connectivity index (χ1v) is 8.91. The number of hydrogen-bond acceptors (Lipinski definition) is 6. The Morgan fingerprint density at radius 2 is 1.93 bits per heavy atom. The Labute approximate surface area is 158 Å². The fraction of sp³-hybridized carbons (Fsp3) is 0.316. The SMILES string of the molecule is CNCc1ccc(N[C@H]2Cc3cccc(C(=O)O)c3OB2O)cc1CNC. The Hall–Kier alpha value is -2.55. The maximum Gasteiger partial charge on any atom is 0.546 e. The van der Waals surface area contributed by atoms with E-state index in [-0.39, 0.29) is 17.3 Å².